The van der Waals surface area contributed by atoms with Gasteiger partial charge in [0.1, 0.15) is 0 Å². The first kappa shape index (κ1) is 13.4. The van der Waals surface area contributed by atoms with Gasteiger partial charge in [0.2, 0.25) is 0 Å². The van der Waals surface area contributed by atoms with E-state index in [1.165, 1.54) is 6.07 Å². The number of esters is 1. The number of anilines is 1. The molecule has 102 valence electrons. The fourth-order valence-electron chi connectivity index (χ4n) is 2.11. The molecular formula is C14H18N2O3. The van der Waals surface area contributed by atoms with Gasteiger partial charge in [-0.25, -0.2) is 4.79 Å². The molecule has 0 atom stereocenters. The highest BCUT2D eigenvalue weighted by molar-refractivity contribution is 5.92. The van der Waals surface area contributed by atoms with Crippen LogP contribution in [0.3, 0.4) is 0 Å². The quantitative estimate of drug-likeness (QED) is 0.661. The van der Waals surface area contributed by atoms with Crippen molar-refractivity contribution in [1.82, 2.24) is 4.90 Å². The van der Waals surface area contributed by atoms with E-state index in [1.54, 1.807) is 23.1 Å². The molecule has 2 N–H and O–H groups in total. The number of nitrogens with zero attached hydrogens (tertiary/aromatic N) is 1. The summed E-state index contributed by atoms with van der Waals surface area (Å²) in [4.78, 5) is 25.3. The molecule has 1 saturated heterocycles. The first-order valence-corrected chi connectivity index (χ1v) is 6.47. The molecular weight excluding hydrogens is 244 g/mol. The Bertz CT molecular complexity index is 468. The Morgan fingerprint density at radius 2 is 1.95 bits per heavy atom. The Labute approximate surface area is 112 Å². The first-order chi connectivity index (χ1) is 9.16. The summed E-state index contributed by atoms with van der Waals surface area (Å²) in [6.07, 6.45) is 3.21. The number of piperidine rings is 1. The third kappa shape index (κ3) is 3.71. The molecule has 5 nitrogen and oxygen atoms in total. The summed E-state index contributed by atoms with van der Waals surface area (Å²) in [5, 5.41) is 0. The molecule has 0 saturated carbocycles. The summed E-state index contributed by atoms with van der Waals surface area (Å²) in [7, 11) is 0. The van der Waals surface area contributed by atoms with Crippen molar-refractivity contribution in [3.8, 4) is 0 Å². The van der Waals surface area contributed by atoms with E-state index >= 15 is 0 Å². The van der Waals surface area contributed by atoms with E-state index in [0.29, 0.717) is 11.3 Å². The molecule has 0 bridgehead atoms. The number of nitrogens with two attached hydrogens (primary N) is 1. The maximum absolute atomic E-state index is 11.8. The van der Waals surface area contributed by atoms with Crippen LogP contribution in [0, 0.1) is 0 Å². The molecule has 0 spiro atoms. The lowest BCUT2D eigenvalue weighted by Gasteiger charge is -2.26. The molecule has 0 radical (unpaired) electrons. The topological polar surface area (TPSA) is 72.6 Å². The maximum atomic E-state index is 11.8. The predicted molar refractivity (Wildman–Crippen MR) is 71.6 cm³/mol. The Morgan fingerprint density at radius 3 is 2.63 bits per heavy atom. The van der Waals surface area contributed by atoms with Gasteiger partial charge in [0, 0.05) is 18.8 Å². The monoisotopic (exact) mass is 262 g/mol. The summed E-state index contributed by atoms with van der Waals surface area (Å²) < 4.78 is 5.01. The molecule has 1 aromatic rings. The second-order valence-electron chi connectivity index (χ2n) is 4.64. The molecule has 1 aromatic carbocycles. The molecule has 0 aromatic heterocycles. The lowest BCUT2D eigenvalue weighted by Crippen LogP contribution is -2.38. The van der Waals surface area contributed by atoms with Gasteiger partial charge in [-0.15, -0.1) is 0 Å². The molecule has 1 aliphatic heterocycles. The molecule has 0 aliphatic carbocycles. The molecule has 1 heterocycles. The van der Waals surface area contributed by atoms with Gasteiger partial charge in [-0.3, -0.25) is 4.79 Å². The Hall–Kier alpha value is -2.04. The van der Waals surface area contributed by atoms with Crippen LogP contribution >= 0.6 is 0 Å². The molecule has 0 unspecified atom stereocenters. The summed E-state index contributed by atoms with van der Waals surface area (Å²) in [6, 6.07) is 6.52. The van der Waals surface area contributed by atoms with Gasteiger partial charge >= 0.3 is 5.97 Å². The Balaban J connectivity index is 1.84. The minimum atomic E-state index is -0.516. The van der Waals surface area contributed by atoms with Gasteiger partial charge in [-0.1, -0.05) is 6.07 Å². The Kier molecular flexibility index (Phi) is 4.39. The number of ether oxygens (including phenoxy) is 1. The fraction of sp³-hybridized carbons (Fsp3) is 0.429. The second-order valence-corrected chi connectivity index (χ2v) is 4.64. The number of amides is 1. The van der Waals surface area contributed by atoms with E-state index in [0.717, 1.165) is 32.4 Å². The zero-order valence-electron chi connectivity index (χ0n) is 10.8. The van der Waals surface area contributed by atoms with Crippen molar-refractivity contribution in [2.45, 2.75) is 19.3 Å². The number of hydrogen-bond donors (Lipinski definition) is 1. The minimum absolute atomic E-state index is 0.128. The number of likely N-dealkylation sites (tertiary alicyclic amines) is 1. The minimum Gasteiger partial charge on any atom is -0.452 e. The van der Waals surface area contributed by atoms with Crippen molar-refractivity contribution in [3.63, 3.8) is 0 Å². The summed E-state index contributed by atoms with van der Waals surface area (Å²) in [5.41, 5.74) is 6.45. The lowest BCUT2D eigenvalue weighted by molar-refractivity contribution is -0.135. The van der Waals surface area contributed by atoms with E-state index in [9.17, 15) is 9.59 Å². The van der Waals surface area contributed by atoms with Crippen molar-refractivity contribution in [2.24, 2.45) is 0 Å². The van der Waals surface area contributed by atoms with Crippen LogP contribution in [-0.4, -0.2) is 36.5 Å². The number of carbonyl (C=O) groups is 2. The van der Waals surface area contributed by atoms with Gasteiger partial charge in [-0.05, 0) is 37.5 Å². The SMILES string of the molecule is Nc1cccc(C(=O)OCC(=O)N2CCCCC2)c1. The highest BCUT2D eigenvalue weighted by atomic mass is 16.5. The molecule has 19 heavy (non-hydrogen) atoms. The zero-order valence-corrected chi connectivity index (χ0v) is 10.8. The van der Waals surface area contributed by atoms with Gasteiger partial charge in [0.15, 0.2) is 6.61 Å². The average molecular weight is 262 g/mol. The maximum Gasteiger partial charge on any atom is 0.338 e. The van der Waals surface area contributed by atoms with Crippen LogP contribution in [0.2, 0.25) is 0 Å². The van der Waals surface area contributed by atoms with Crippen molar-refractivity contribution in [2.75, 3.05) is 25.4 Å². The summed E-state index contributed by atoms with van der Waals surface area (Å²) in [5.74, 6) is -0.644. The van der Waals surface area contributed by atoms with E-state index in [2.05, 4.69) is 0 Å². The van der Waals surface area contributed by atoms with Crippen LogP contribution in [0.4, 0.5) is 5.69 Å². The number of nitrogen functional groups attached to an aromatic ring is 1. The van der Waals surface area contributed by atoms with Gasteiger partial charge in [0.25, 0.3) is 5.91 Å². The van der Waals surface area contributed by atoms with Gasteiger partial charge in [0.05, 0.1) is 5.56 Å². The van der Waals surface area contributed by atoms with Crippen molar-refractivity contribution >= 4 is 17.6 Å². The molecule has 1 fully saturated rings. The van der Waals surface area contributed by atoms with E-state index < -0.39 is 5.97 Å². The smallest absolute Gasteiger partial charge is 0.338 e. The van der Waals surface area contributed by atoms with Crippen LogP contribution < -0.4 is 5.73 Å². The lowest BCUT2D eigenvalue weighted by atomic mass is 10.1. The first-order valence-electron chi connectivity index (χ1n) is 6.47. The predicted octanol–water partition coefficient (Wildman–Crippen LogP) is 1.44. The summed E-state index contributed by atoms with van der Waals surface area (Å²) in [6.45, 7) is 1.32. The van der Waals surface area contributed by atoms with Crippen LogP contribution in [0.25, 0.3) is 0 Å². The second kappa shape index (κ2) is 6.22. The largest absolute Gasteiger partial charge is 0.452 e. The molecule has 2 rings (SSSR count). The fourth-order valence-corrected chi connectivity index (χ4v) is 2.11. The van der Waals surface area contributed by atoms with Crippen LogP contribution in [0.1, 0.15) is 29.6 Å². The normalized spacial score (nSPS) is 15.1. The molecule has 5 heteroatoms. The van der Waals surface area contributed by atoms with E-state index in [-0.39, 0.29) is 12.5 Å². The molecule has 1 aliphatic rings. The number of hydrogen-bond acceptors (Lipinski definition) is 4. The average Bonchev–Trinajstić information content (AvgIpc) is 2.45. The van der Waals surface area contributed by atoms with Crippen molar-refractivity contribution < 1.29 is 14.3 Å². The number of rotatable bonds is 3. The standard InChI is InChI=1S/C14H18N2O3/c15-12-6-4-5-11(9-12)14(18)19-10-13(17)16-7-2-1-3-8-16/h4-6,9H,1-3,7-8,10,15H2. The molecule has 1 amide bonds. The highest BCUT2D eigenvalue weighted by Gasteiger charge is 2.18. The van der Waals surface area contributed by atoms with Gasteiger partial charge in [-0.2, -0.15) is 0 Å². The third-order valence-corrected chi connectivity index (χ3v) is 3.16. The number of benzene rings is 1. The highest BCUT2D eigenvalue weighted by Crippen LogP contribution is 2.10. The van der Waals surface area contributed by atoms with Crippen LogP contribution in [0.5, 0.6) is 0 Å². The van der Waals surface area contributed by atoms with Crippen molar-refractivity contribution in [3.05, 3.63) is 29.8 Å². The van der Waals surface area contributed by atoms with Crippen LogP contribution in [0.15, 0.2) is 24.3 Å². The van der Waals surface area contributed by atoms with Crippen LogP contribution in [-0.2, 0) is 9.53 Å². The summed E-state index contributed by atoms with van der Waals surface area (Å²) >= 11 is 0. The Morgan fingerprint density at radius 1 is 1.21 bits per heavy atom. The van der Waals surface area contributed by atoms with E-state index in [4.69, 9.17) is 10.5 Å². The van der Waals surface area contributed by atoms with Gasteiger partial charge < -0.3 is 15.4 Å². The van der Waals surface area contributed by atoms with E-state index in [1.807, 2.05) is 0 Å². The third-order valence-electron chi connectivity index (χ3n) is 3.16. The zero-order chi connectivity index (χ0) is 13.7. The van der Waals surface area contributed by atoms with Crippen molar-refractivity contribution in [1.29, 1.82) is 0 Å². The number of carbonyl (C=O) groups excluding carboxylic acids is 2.